The first-order valence-electron chi connectivity index (χ1n) is 9.09. The number of nitrogens with one attached hydrogen (secondary N) is 2. The minimum Gasteiger partial charge on any atom is -0.490 e. The molecule has 2 N–H and O–H groups in total. The monoisotopic (exact) mass is 461 g/mol. The molecule has 0 bridgehead atoms. The van der Waals surface area contributed by atoms with E-state index in [1.165, 1.54) is 24.8 Å². The van der Waals surface area contributed by atoms with Crippen LogP contribution in [0.2, 0.25) is 0 Å². The van der Waals surface area contributed by atoms with Gasteiger partial charge < -0.3 is 20.1 Å². The Labute approximate surface area is 169 Å². The van der Waals surface area contributed by atoms with Crippen LogP contribution in [0.15, 0.2) is 23.2 Å². The maximum atomic E-state index is 5.68. The number of hydrogen-bond acceptors (Lipinski definition) is 3. The van der Waals surface area contributed by atoms with Gasteiger partial charge in [-0.05, 0) is 50.3 Å². The molecule has 1 aromatic carbocycles. The van der Waals surface area contributed by atoms with Gasteiger partial charge in [-0.2, -0.15) is 0 Å². The number of guanidine groups is 1. The van der Waals surface area contributed by atoms with Crippen LogP contribution >= 0.6 is 24.0 Å². The molecule has 2 rings (SSSR count). The molecule has 6 heteroatoms. The highest BCUT2D eigenvalue weighted by Gasteiger charge is 2.20. The molecule has 0 unspecified atom stereocenters. The number of nitrogens with zero attached hydrogens (tertiary/aromatic N) is 1. The molecule has 142 valence electrons. The van der Waals surface area contributed by atoms with Gasteiger partial charge in [-0.25, -0.2) is 0 Å². The average Bonchev–Trinajstić information content (AvgIpc) is 3.40. The molecule has 1 aromatic rings. The van der Waals surface area contributed by atoms with Crippen molar-refractivity contribution >= 4 is 29.9 Å². The second kappa shape index (κ2) is 12.2. The summed E-state index contributed by atoms with van der Waals surface area (Å²) in [6, 6.07) is 6.16. The van der Waals surface area contributed by atoms with Crippen LogP contribution in [0, 0.1) is 5.92 Å². The number of ether oxygens (including phenoxy) is 2. The maximum Gasteiger partial charge on any atom is 0.190 e. The third-order valence-electron chi connectivity index (χ3n) is 4.08. The highest BCUT2D eigenvalue weighted by molar-refractivity contribution is 14.0. The van der Waals surface area contributed by atoms with Gasteiger partial charge in [-0.1, -0.05) is 18.9 Å². The van der Waals surface area contributed by atoms with E-state index in [-0.39, 0.29) is 24.0 Å². The molecule has 1 aliphatic rings. The zero-order chi connectivity index (χ0) is 17.2. The van der Waals surface area contributed by atoms with Gasteiger partial charge in [0.05, 0.1) is 13.2 Å². The molecule has 0 atom stereocenters. The van der Waals surface area contributed by atoms with Crippen molar-refractivity contribution in [3.8, 4) is 11.5 Å². The standard InChI is InChI=1S/C19H31N3O2.HI/c1-4-23-17-9-8-16(14-18(17)24-5-2)11-13-22-19(20-3)21-12-10-15-6-7-15;/h8-9,14-15H,4-7,10-13H2,1-3H3,(H2,20,21,22);1H. The summed E-state index contributed by atoms with van der Waals surface area (Å²) in [5, 5.41) is 6.75. The van der Waals surface area contributed by atoms with Crippen molar-refractivity contribution < 1.29 is 9.47 Å². The van der Waals surface area contributed by atoms with Crippen LogP contribution in [0.4, 0.5) is 0 Å². The van der Waals surface area contributed by atoms with E-state index in [0.717, 1.165) is 42.9 Å². The number of hydrogen-bond donors (Lipinski definition) is 2. The average molecular weight is 461 g/mol. The summed E-state index contributed by atoms with van der Waals surface area (Å²) in [6.07, 6.45) is 4.95. The van der Waals surface area contributed by atoms with E-state index in [1.807, 2.05) is 27.0 Å². The van der Waals surface area contributed by atoms with Crippen LogP contribution in [-0.4, -0.2) is 39.3 Å². The third-order valence-corrected chi connectivity index (χ3v) is 4.08. The summed E-state index contributed by atoms with van der Waals surface area (Å²) in [5.74, 6) is 3.46. The largest absolute Gasteiger partial charge is 0.490 e. The van der Waals surface area contributed by atoms with Gasteiger partial charge in [-0.3, -0.25) is 4.99 Å². The van der Waals surface area contributed by atoms with Crippen LogP contribution in [0.5, 0.6) is 11.5 Å². The predicted molar refractivity (Wildman–Crippen MR) is 115 cm³/mol. The molecule has 0 radical (unpaired) electrons. The number of aliphatic imine (C=N–C) groups is 1. The highest BCUT2D eigenvalue weighted by atomic mass is 127. The number of halogens is 1. The van der Waals surface area contributed by atoms with Crippen LogP contribution < -0.4 is 20.1 Å². The first-order chi connectivity index (χ1) is 11.8. The topological polar surface area (TPSA) is 54.9 Å². The van der Waals surface area contributed by atoms with Crippen LogP contribution in [0.1, 0.15) is 38.7 Å². The van der Waals surface area contributed by atoms with Crippen molar-refractivity contribution in [3.05, 3.63) is 23.8 Å². The molecule has 0 spiro atoms. The molecule has 1 saturated carbocycles. The molecule has 0 saturated heterocycles. The van der Waals surface area contributed by atoms with Gasteiger partial charge in [0.1, 0.15) is 0 Å². The second-order valence-corrected chi connectivity index (χ2v) is 6.05. The molecule has 0 aromatic heterocycles. The smallest absolute Gasteiger partial charge is 0.190 e. The van der Waals surface area contributed by atoms with E-state index in [1.54, 1.807) is 0 Å². The van der Waals surface area contributed by atoms with Gasteiger partial charge in [0.25, 0.3) is 0 Å². The first-order valence-corrected chi connectivity index (χ1v) is 9.09. The Morgan fingerprint density at radius 1 is 1.08 bits per heavy atom. The van der Waals surface area contributed by atoms with Crippen LogP contribution in [0.3, 0.4) is 0 Å². The fourth-order valence-corrected chi connectivity index (χ4v) is 2.60. The van der Waals surface area contributed by atoms with Gasteiger partial charge in [-0.15, -0.1) is 24.0 Å². The quantitative estimate of drug-likeness (QED) is 0.318. The number of rotatable bonds is 10. The Morgan fingerprint density at radius 3 is 2.40 bits per heavy atom. The van der Waals surface area contributed by atoms with Gasteiger partial charge >= 0.3 is 0 Å². The van der Waals surface area contributed by atoms with E-state index in [0.29, 0.717) is 13.2 Å². The van der Waals surface area contributed by atoms with Gasteiger partial charge in [0.15, 0.2) is 17.5 Å². The van der Waals surface area contributed by atoms with Crippen LogP contribution in [-0.2, 0) is 6.42 Å². The molecule has 0 aliphatic heterocycles. The van der Waals surface area contributed by atoms with Crippen LogP contribution in [0.25, 0.3) is 0 Å². The summed E-state index contributed by atoms with van der Waals surface area (Å²) in [4.78, 5) is 4.27. The third kappa shape index (κ3) is 8.16. The first kappa shape index (κ1) is 21.9. The van der Waals surface area contributed by atoms with E-state index >= 15 is 0 Å². The molecular formula is C19H32IN3O2. The normalized spacial score (nSPS) is 13.8. The zero-order valence-corrected chi connectivity index (χ0v) is 18.0. The van der Waals surface area contributed by atoms with E-state index < -0.39 is 0 Å². The Balaban J connectivity index is 0.00000312. The zero-order valence-electron chi connectivity index (χ0n) is 15.6. The Bertz CT molecular complexity index is 533. The lowest BCUT2D eigenvalue weighted by atomic mass is 10.1. The van der Waals surface area contributed by atoms with Crippen molar-refractivity contribution in [2.75, 3.05) is 33.4 Å². The fourth-order valence-electron chi connectivity index (χ4n) is 2.60. The highest BCUT2D eigenvalue weighted by Crippen LogP contribution is 2.31. The van der Waals surface area contributed by atoms with Crippen molar-refractivity contribution in [1.82, 2.24) is 10.6 Å². The summed E-state index contributed by atoms with van der Waals surface area (Å²) in [6.45, 7) is 7.09. The molecule has 0 amide bonds. The molecule has 1 aliphatic carbocycles. The Hall–Kier alpha value is -1.18. The summed E-state index contributed by atoms with van der Waals surface area (Å²) in [5.41, 5.74) is 1.22. The second-order valence-electron chi connectivity index (χ2n) is 6.05. The lowest BCUT2D eigenvalue weighted by molar-refractivity contribution is 0.287. The fraction of sp³-hybridized carbons (Fsp3) is 0.632. The molecular weight excluding hydrogens is 429 g/mol. The molecule has 25 heavy (non-hydrogen) atoms. The van der Waals surface area contributed by atoms with E-state index in [9.17, 15) is 0 Å². The Kier molecular flexibility index (Phi) is 10.7. The lowest BCUT2D eigenvalue weighted by Gasteiger charge is -2.14. The van der Waals surface area contributed by atoms with Gasteiger partial charge in [0.2, 0.25) is 0 Å². The van der Waals surface area contributed by atoms with Crippen molar-refractivity contribution in [2.45, 2.75) is 39.5 Å². The van der Waals surface area contributed by atoms with Crippen molar-refractivity contribution in [2.24, 2.45) is 10.9 Å². The molecule has 5 nitrogen and oxygen atoms in total. The minimum atomic E-state index is 0. The summed E-state index contributed by atoms with van der Waals surface area (Å²) >= 11 is 0. The molecule has 0 heterocycles. The summed E-state index contributed by atoms with van der Waals surface area (Å²) in [7, 11) is 1.82. The predicted octanol–water partition coefficient (Wildman–Crippen LogP) is 3.61. The van der Waals surface area contributed by atoms with Gasteiger partial charge in [0, 0.05) is 20.1 Å². The van der Waals surface area contributed by atoms with Crippen molar-refractivity contribution in [3.63, 3.8) is 0 Å². The maximum absolute atomic E-state index is 5.68. The minimum absolute atomic E-state index is 0. The number of benzene rings is 1. The molecule has 1 fully saturated rings. The van der Waals surface area contributed by atoms with E-state index in [4.69, 9.17) is 9.47 Å². The lowest BCUT2D eigenvalue weighted by Crippen LogP contribution is -2.38. The van der Waals surface area contributed by atoms with Crippen molar-refractivity contribution in [1.29, 1.82) is 0 Å². The Morgan fingerprint density at radius 2 is 1.76 bits per heavy atom. The SMILES string of the molecule is CCOc1ccc(CCNC(=NC)NCCC2CC2)cc1OCC.I. The summed E-state index contributed by atoms with van der Waals surface area (Å²) < 4.78 is 11.3. The van der Waals surface area contributed by atoms with E-state index in [2.05, 4.69) is 27.8 Å².